The van der Waals surface area contributed by atoms with Crippen molar-refractivity contribution in [3.8, 4) is 0 Å². The summed E-state index contributed by atoms with van der Waals surface area (Å²) >= 11 is 0. The first-order valence-electron chi connectivity index (χ1n) is 2.56. The van der Waals surface area contributed by atoms with E-state index in [1.807, 2.05) is 0 Å². The molecule has 1 heterocycles. The minimum Gasteiger partial charge on any atom is -0.462 e. The molecule has 1 saturated heterocycles. The molecule has 0 N–H and O–H groups in total. The van der Waals surface area contributed by atoms with E-state index in [9.17, 15) is 4.79 Å². The Morgan fingerprint density at radius 3 is 2.86 bits per heavy atom. The molecular formula is C5H6O2. The van der Waals surface area contributed by atoms with Gasteiger partial charge in [0.1, 0.15) is 6.10 Å². The van der Waals surface area contributed by atoms with Crippen LogP contribution in [0.4, 0.5) is 0 Å². The van der Waals surface area contributed by atoms with Gasteiger partial charge in [0.25, 0.3) is 0 Å². The third kappa shape index (κ3) is 0.363. The van der Waals surface area contributed by atoms with Crippen molar-refractivity contribution in [2.45, 2.75) is 18.9 Å². The monoisotopic (exact) mass is 98.0 g/mol. The number of rotatable bonds is 0. The lowest BCUT2D eigenvalue weighted by molar-refractivity contribution is -0.140. The smallest absolute Gasteiger partial charge is 0.306 e. The molecule has 7 heavy (non-hydrogen) atoms. The van der Waals surface area contributed by atoms with Gasteiger partial charge in [0, 0.05) is 5.92 Å². The zero-order chi connectivity index (χ0) is 4.85. The van der Waals surface area contributed by atoms with Crippen LogP contribution in [-0.2, 0) is 9.53 Å². The third-order valence-electron chi connectivity index (χ3n) is 1.57. The van der Waals surface area contributed by atoms with Crippen LogP contribution < -0.4 is 0 Å². The molecule has 2 aliphatic rings. The number of esters is 1. The van der Waals surface area contributed by atoms with Gasteiger partial charge in [-0.05, 0) is 6.42 Å². The fourth-order valence-corrected chi connectivity index (χ4v) is 1.01. The zero-order valence-corrected chi connectivity index (χ0v) is 3.89. The summed E-state index contributed by atoms with van der Waals surface area (Å²) in [5.41, 5.74) is 0. The van der Waals surface area contributed by atoms with Crippen LogP contribution >= 0.6 is 0 Å². The van der Waals surface area contributed by atoms with Crippen LogP contribution in [0.5, 0.6) is 0 Å². The van der Waals surface area contributed by atoms with Gasteiger partial charge in [-0.25, -0.2) is 0 Å². The van der Waals surface area contributed by atoms with Crippen molar-refractivity contribution in [1.29, 1.82) is 0 Å². The molecule has 0 bridgehead atoms. The number of ether oxygens (including phenoxy) is 1. The van der Waals surface area contributed by atoms with Crippen LogP contribution in [0.2, 0.25) is 0 Å². The van der Waals surface area contributed by atoms with Crippen molar-refractivity contribution in [3.63, 3.8) is 0 Å². The molecule has 1 aliphatic carbocycles. The molecule has 0 amide bonds. The summed E-state index contributed by atoms with van der Waals surface area (Å²) < 4.78 is 4.80. The van der Waals surface area contributed by atoms with Crippen LogP contribution in [-0.4, -0.2) is 12.1 Å². The van der Waals surface area contributed by atoms with Gasteiger partial charge in [0.2, 0.25) is 0 Å². The third-order valence-corrected chi connectivity index (χ3v) is 1.57. The maximum Gasteiger partial charge on any atom is 0.306 e. The fraction of sp³-hybridized carbons (Fsp3) is 0.800. The van der Waals surface area contributed by atoms with E-state index in [4.69, 9.17) is 4.74 Å². The predicted octanol–water partition coefficient (Wildman–Crippen LogP) is 0.322. The van der Waals surface area contributed by atoms with E-state index in [2.05, 4.69) is 0 Å². The lowest BCUT2D eigenvalue weighted by atomic mass is 10.3. The molecule has 2 unspecified atom stereocenters. The summed E-state index contributed by atoms with van der Waals surface area (Å²) in [5.74, 6) is 0.619. The van der Waals surface area contributed by atoms with E-state index in [0.29, 0.717) is 18.4 Å². The highest BCUT2D eigenvalue weighted by molar-refractivity contribution is 5.73. The Balaban J connectivity index is 2.14. The average Bonchev–Trinajstić information content (AvgIpc) is 2.15. The molecule has 2 fully saturated rings. The molecule has 2 nitrogen and oxygen atoms in total. The molecule has 0 aromatic rings. The van der Waals surface area contributed by atoms with Gasteiger partial charge in [0.15, 0.2) is 0 Å². The van der Waals surface area contributed by atoms with E-state index in [-0.39, 0.29) is 5.97 Å². The fourth-order valence-electron chi connectivity index (χ4n) is 1.01. The number of hydrogen-bond acceptors (Lipinski definition) is 2. The first kappa shape index (κ1) is 3.47. The van der Waals surface area contributed by atoms with Crippen molar-refractivity contribution < 1.29 is 9.53 Å². The summed E-state index contributed by atoms with van der Waals surface area (Å²) in [7, 11) is 0. The van der Waals surface area contributed by atoms with Crippen molar-refractivity contribution in [2.24, 2.45) is 5.92 Å². The minimum atomic E-state index is 0.00116. The van der Waals surface area contributed by atoms with Crippen LogP contribution in [0.1, 0.15) is 12.8 Å². The Morgan fingerprint density at radius 2 is 2.57 bits per heavy atom. The van der Waals surface area contributed by atoms with Gasteiger partial charge in [-0.15, -0.1) is 0 Å². The lowest BCUT2D eigenvalue weighted by Crippen LogP contribution is -1.95. The van der Waals surface area contributed by atoms with Gasteiger partial charge in [-0.2, -0.15) is 0 Å². The normalized spacial score (nSPS) is 45.4. The lowest BCUT2D eigenvalue weighted by Gasteiger charge is -1.88. The van der Waals surface area contributed by atoms with Crippen molar-refractivity contribution >= 4 is 5.97 Å². The summed E-state index contributed by atoms with van der Waals surface area (Å²) in [6, 6.07) is 0. The molecule has 0 aromatic heterocycles. The standard InChI is InChI=1S/C5H6O2/c6-5-2-3-1-4(3)7-5/h3-4H,1-2H2. The number of carbonyl (C=O) groups excluding carboxylic acids is 1. The summed E-state index contributed by atoms with van der Waals surface area (Å²) in [4.78, 5) is 10.3. The van der Waals surface area contributed by atoms with Gasteiger partial charge in [-0.3, -0.25) is 4.79 Å². The van der Waals surface area contributed by atoms with Gasteiger partial charge in [-0.1, -0.05) is 0 Å². The molecule has 0 spiro atoms. The van der Waals surface area contributed by atoms with Crippen LogP contribution in [0.15, 0.2) is 0 Å². The van der Waals surface area contributed by atoms with E-state index in [1.165, 1.54) is 0 Å². The Bertz CT molecular complexity index is 107. The summed E-state index contributed by atoms with van der Waals surface area (Å²) in [5, 5.41) is 0. The van der Waals surface area contributed by atoms with Crippen LogP contribution in [0, 0.1) is 5.92 Å². The number of hydrogen-bond donors (Lipinski definition) is 0. The molecule has 2 atom stereocenters. The predicted molar refractivity (Wildman–Crippen MR) is 22.6 cm³/mol. The second-order valence-corrected chi connectivity index (χ2v) is 2.23. The molecular weight excluding hydrogens is 92.1 g/mol. The Kier molecular flexibility index (Phi) is 0.412. The van der Waals surface area contributed by atoms with E-state index >= 15 is 0 Å². The molecule has 0 aromatic carbocycles. The highest BCUT2D eigenvalue weighted by atomic mass is 16.6. The van der Waals surface area contributed by atoms with E-state index in [1.54, 1.807) is 0 Å². The van der Waals surface area contributed by atoms with Crippen LogP contribution in [0.3, 0.4) is 0 Å². The summed E-state index contributed by atoms with van der Waals surface area (Å²) in [6.07, 6.45) is 2.16. The van der Waals surface area contributed by atoms with Gasteiger partial charge >= 0.3 is 5.97 Å². The number of fused-ring (bicyclic) bond motifs is 1. The largest absolute Gasteiger partial charge is 0.462 e. The van der Waals surface area contributed by atoms with Gasteiger partial charge < -0.3 is 4.74 Å². The average molecular weight is 98.1 g/mol. The Hall–Kier alpha value is -0.530. The van der Waals surface area contributed by atoms with Crippen molar-refractivity contribution in [2.75, 3.05) is 0 Å². The quantitative estimate of drug-likeness (QED) is 0.408. The molecule has 1 aliphatic heterocycles. The van der Waals surface area contributed by atoms with Crippen molar-refractivity contribution in [3.05, 3.63) is 0 Å². The van der Waals surface area contributed by atoms with Gasteiger partial charge in [0.05, 0.1) is 6.42 Å². The van der Waals surface area contributed by atoms with Crippen LogP contribution in [0.25, 0.3) is 0 Å². The highest BCUT2D eigenvalue weighted by Crippen LogP contribution is 2.42. The Morgan fingerprint density at radius 1 is 1.71 bits per heavy atom. The van der Waals surface area contributed by atoms with E-state index in [0.717, 1.165) is 6.42 Å². The highest BCUT2D eigenvalue weighted by Gasteiger charge is 2.47. The zero-order valence-electron chi connectivity index (χ0n) is 3.89. The maximum atomic E-state index is 10.3. The second-order valence-electron chi connectivity index (χ2n) is 2.23. The Labute approximate surface area is 41.5 Å². The topological polar surface area (TPSA) is 26.3 Å². The minimum absolute atomic E-state index is 0.00116. The van der Waals surface area contributed by atoms with Crippen molar-refractivity contribution in [1.82, 2.24) is 0 Å². The number of carbonyl (C=O) groups is 1. The maximum absolute atomic E-state index is 10.3. The van der Waals surface area contributed by atoms with E-state index < -0.39 is 0 Å². The molecule has 1 saturated carbocycles. The molecule has 2 heteroatoms. The SMILES string of the molecule is O=C1CC2CC2O1. The second kappa shape index (κ2) is 0.831. The summed E-state index contributed by atoms with van der Waals surface area (Å²) in [6.45, 7) is 0. The molecule has 38 valence electrons. The first-order valence-corrected chi connectivity index (χ1v) is 2.56. The molecule has 0 radical (unpaired) electrons. The molecule has 2 rings (SSSR count). The first-order chi connectivity index (χ1) is 3.36.